The van der Waals surface area contributed by atoms with Crippen LogP contribution in [0.25, 0.3) is 0 Å². The van der Waals surface area contributed by atoms with E-state index < -0.39 is 6.10 Å². The summed E-state index contributed by atoms with van der Waals surface area (Å²) in [6.45, 7) is 2.80. The summed E-state index contributed by atoms with van der Waals surface area (Å²) in [7, 11) is 1.40. The Balaban J connectivity index is 1.61. The van der Waals surface area contributed by atoms with Crippen molar-refractivity contribution >= 4 is 21.9 Å². The average Bonchev–Trinajstić information content (AvgIpc) is 2.70. The highest BCUT2D eigenvalue weighted by atomic mass is 79.9. The maximum Gasteiger partial charge on any atom is 0.347 e. The van der Waals surface area contributed by atoms with Crippen molar-refractivity contribution in [2.24, 2.45) is 0 Å². The van der Waals surface area contributed by atoms with Gasteiger partial charge in [-0.1, -0.05) is 54.1 Å². The monoisotopic (exact) mass is 429 g/mol. The first-order valence-corrected chi connectivity index (χ1v) is 9.88. The van der Waals surface area contributed by atoms with E-state index in [0.717, 1.165) is 30.5 Å². The van der Waals surface area contributed by atoms with E-state index in [4.69, 9.17) is 9.47 Å². The van der Waals surface area contributed by atoms with Crippen molar-refractivity contribution in [3.05, 3.63) is 76.3 Å². The van der Waals surface area contributed by atoms with Crippen LogP contribution in [-0.4, -0.2) is 37.2 Å². The number of hydrogen-bond donors (Lipinski definition) is 0. The number of benzene rings is 2. The van der Waals surface area contributed by atoms with E-state index in [2.05, 4.69) is 51.2 Å². The van der Waals surface area contributed by atoms with Crippen LogP contribution in [0.2, 0.25) is 0 Å². The lowest BCUT2D eigenvalue weighted by molar-refractivity contribution is -0.148. The molecule has 1 unspecified atom stereocenters. The molecular formula is C22H24BrNO3. The van der Waals surface area contributed by atoms with Crippen molar-refractivity contribution in [1.82, 2.24) is 4.90 Å². The number of carbonyl (C=O) groups is 1. The minimum absolute atomic E-state index is 0.349. The molecule has 0 aromatic heterocycles. The first-order valence-electron chi connectivity index (χ1n) is 9.09. The molecule has 0 aliphatic carbocycles. The topological polar surface area (TPSA) is 38.8 Å². The molecule has 0 fully saturated rings. The van der Waals surface area contributed by atoms with Crippen LogP contribution >= 0.6 is 15.9 Å². The van der Waals surface area contributed by atoms with Crippen LogP contribution in [0.5, 0.6) is 5.75 Å². The summed E-state index contributed by atoms with van der Waals surface area (Å²) in [5, 5.41) is 0. The molecule has 2 aromatic carbocycles. The summed E-state index contributed by atoms with van der Waals surface area (Å²) >= 11 is 3.46. The van der Waals surface area contributed by atoms with Gasteiger partial charge < -0.3 is 9.47 Å². The molecule has 0 N–H and O–H groups in total. The SMILES string of the molecule is COC(=O)C(CC1=CCN(Cc2ccccc2)CC1)Oc1ccccc1Br. The maximum atomic E-state index is 12.2. The van der Waals surface area contributed by atoms with Crippen molar-refractivity contribution in [2.75, 3.05) is 20.2 Å². The third-order valence-corrected chi connectivity index (χ3v) is 5.31. The molecule has 5 heteroatoms. The van der Waals surface area contributed by atoms with E-state index in [1.165, 1.54) is 18.2 Å². The summed E-state index contributed by atoms with van der Waals surface area (Å²) < 4.78 is 11.7. The average molecular weight is 430 g/mol. The Labute approximate surface area is 168 Å². The van der Waals surface area contributed by atoms with Crippen LogP contribution in [-0.2, 0) is 16.1 Å². The maximum absolute atomic E-state index is 12.2. The number of para-hydroxylation sites is 1. The van der Waals surface area contributed by atoms with Gasteiger partial charge in [0, 0.05) is 26.1 Å². The molecule has 0 saturated heterocycles. The predicted molar refractivity (Wildman–Crippen MR) is 110 cm³/mol. The lowest BCUT2D eigenvalue weighted by atomic mass is 10.0. The molecule has 4 nitrogen and oxygen atoms in total. The third kappa shape index (κ3) is 5.68. The van der Waals surface area contributed by atoms with Gasteiger partial charge >= 0.3 is 5.97 Å². The number of rotatable bonds is 7. The van der Waals surface area contributed by atoms with Gasteiger partial charge in [-0.15, -0.1) is 0 Å². The van der Waals surface area contributed by atoms with Gasteiger partial charge in [-0.05, 0) is 40.0 Å². The fraction of sp³-hybridized carbons (Fsp3) is 0.318. The molecule has 3 rings (SSSR count). The minimum Gasteiger partial charge on any atom is -0.477 e. The number of esters is 1. The number of ether oxygens (including phenoxy) is 2. The van der Waals surface area contributed by atoms with Gasteiger partial charge in [0.2, 0.25) is 0 Å². The molecule has 0 spiro atoms. The largest absolute Gasteiger partial charge is 0.477 e. The van der Waals surface area contributed by atoms with Crippen molar-refractivity contribution in [2.45, 2.75) is 25.5 Å². The van der Waals surface area contributed by atoms with Crippen LogP contribution in [0.4, 0.5) is 0 Å². The molecule has 142 valence electrons. The summed E-state index contributed by atoms with van der Waals surface area (Å²) in [4.78, 5) is 14.6. The van der Waals surface area contributed by atoms with Gasteiger partial charge in [0.1, 0.15) is 5.75 Å². The number of carbonyl (C=O) groups excluding carboxylic acids is 1. The van der Waals surface area contributed by atoms with Crippen LogP contribution in [0, 0.1) is 0 Å². The quantitative estimate of drug-likeness (QED) is 0.476. The van der Waals surface area contributed by atoms with Gasteiger partial charge in [-0.2, -0.15) is 0 Å². The fourth-order valence-electron chi connectivity index (χ4n) is 3.16. The molecule has 2 aromatic rings. The molecule has 0 amide bonds. The Hall–Kier alpha value is -2.11. The molecule has 1 atom stereocenters. The van der Waals surface area contributed by atoms with Crippen molar-refractivity contribution < 1.29 is 14.3 Å². The van der Waals surface area contributed by atoms with E-state index in [-0.39, 0.29) is 5.97 Å². The normalized spacial score (nSPS) is 15.7. The Kier molecular flexibility index (Phi) is 7.07. The second-order valence-corrected chi connectivity index (χ2v) is 7.45. The van der Waals surface area contributed by atoms with Crippen LogP contribution in [0.3, 0.4) is 0 Å². The number of hydrogen-bond acceptors (Lipinski definition) is 4. The van der Waals surface area contributed by atoms with E-state index >= 15 is 0 Å². The molecule has 1 aliphatic rings. The molecule has 0 saturated carbocycles. The Bertz CT molecular complexity index is 791. The van der Waals surface area contributed by atoms with Gasteiger partial charge in [0.25, 0.3) is 0 Å². The summed E-state index contributed by atoms with van der Waals surface area (Å²) in [5.74, 6) is 0.299. The Morgan fingerprint density at radius 2 is 1.89 bits per heavy atom. The van der Waals surface area contributed by atoms with E-state index in [1.54, 1.807) is 0 Å². The van der Waals surface area contributed by atoms with Gasteiger partial charge in [-0.25, -0.2) is 4.79 Å². The summed E-state index contributed by atoms with van der Waals surface area (Å²) in [6, 6.07) is 18.0. The third-order valence-electron chi connectivity index (χ3n) is 4.65. The van der Waals surface area contributed by atoms with E-state index in [0.29, 0.717) is 12.2 Å². The standard InChI is InChI=1S/C22H24BrNO3/c1-26-22(25)21(27-20-10-6-5-9-19(20)23)15-17-11-13-24(14-12-17)16-18-7-3-2-4-8-18/h2-11,21H,12-16H2,1H3. The molecule has 1 aliphatic heterocycles. The molecular weight excluding hydrogens is 406 g/mol. The fourth-order valence-corrected chi connectivity index (χ4v) is 3.54. The highest BCUT2D eigenvalue weighted by Crippen LogP contribution is 2.27. The highest BCUT2D eigenvalue weighted by Gasteiger charge is 2.25. The lowest BCUT2D eigenvalue weighted by Crippen LogP contribution is -2.32. The van der Waals surface area contributed by atoms with Crippen LogP contribution in [0.1, 0.15) is 18.4 Å². The summed E-state index contributed by atoms with van der Waals surface area (Å²) in [6.07, 6.45) is 3.05. The molecule has 1 heterocycles. The van der Waals surface area contributed by atoms with Gasteiger partial charge in [0.05, 0.1) is 11.6 Å². The van der Waals surface area contributed by atoms with Crippen LogP contribution < -0.4 is 4.74 Å². The van der Waals surface area contributed by atoms with Crippen molar-refractivity contribution in [3.63, 3.8) is 0 Å². The van der Waals surface area contributed by atoms with Crippen molar-refractivity contribution in [3.8, 4) is 5.75 Å². The second-order valence-electron chi connectivity index (χ2n) is 6.60. The zero-order valence-corrected chi connectivity index (χ0v) is 17.0. The zero-order chi connectivity index (χ0) is 19.1. The lowest BCUT2D eigenvalue weighted by Gasteiger charge is -2.28. The van der Waals surface area contributed by atoms with Gasteiger partial charge in [-0.3, -0.25) is 4.90 Å². The van der Waals surface area contributed by atoms with Crippen LogP contribution in [0.15, 0.2) is 70.7 Å². The zero-order valence-electron chi connectivity index (χ0n) is 15.4. The van der Waals surface area contributed by atoms with E-state index in [1.807, 2.05) is 30.3 Å². The Morgan fingerprint density at radius 1 is 1.15 bits per heavy atom. The summed E-state index contributed by atoms with van der Waals surface area (Å²) in [5.41, 5.74) is 2.56. The molecule has 0 bridgehead atoms. The first kappa shape index (κ1) is 19.6. The number of halogens is 1. The molecule has 27 heavy (non-hydrogen) atoms. The van der Waals surface area contributed by atoms with Gasteiger partial charge in [0.15, 0.2) is 6.10 Å². The van der Waals surface area contributed by atoms with Crippen molar-refractivity contribution in [1.29, 1.82) is 0 Å². The predicted octanol–water partition coefficient (Wildman–Crippen LogP) is 4.59. The highest BCUT2D eigenvalue weighted by molar-refractivity contribution is 9.10. The Morgan fingerprint density at radius 3 is 2.56 bits per heavy atom. The first-order chi connectivity index (χ1) is 13.2. The van der Waals surface area contributed by atoms with E-state index in [9.17, 15) is 4.79 Å². The smallest absolute Gasteiger partial charge is 0.347 e. The number of methoxy groups -OCH3 is 1. The second kappa shape index (κ2) is 9.72. The number of nitrogens with zero attached hydrogens (tertiary/aromatic N) is 1. The molecule has 0 radical (unpaired) electrons. The minimum atomic E-state index is -0.638.